The molecule has 0 heterocycles. The van der Waals surface area contributed by atoms with E-state index in [0.717, 1.165) is 6.61 Å². The molecule has 66 valence electrons. The average Bonchev–Trinajstić information content (AvgIpc) is 1.96. The number of rotatable bonds is 7. The van der Waals surface area contributed by atoms with Gasteiger partial charge in [-0.1, -0.05) is 0 Å². The van der Waals surface area contributed by atoms with Gasteiger partial charge in [0.05, 0.1) is 0 Å². The van der Waals surface area contributed by atoms with Gasteiger partial charge in [0, 0.05) is 0 Å². The molecule has 0 aliphatic heterocycles. The summed E-state index contributed by atoms with van der Waals surface area (Å²) in [4.78, 5) is 0. The van der Waals surface area contributed by atoms with Crippen molar-refractivity contribution in [1.29, 1.82) is 0 Å². The fourth-order valence-electron chi connectivity index (χ4n) is 0.838. The van der Waals surface area contributed by atoms with Crippen molar-refractivity contribution in [2.45, 2.75) is 43.6 Å². The van der Waals surface area contributed by atoms with Crippen LogP contribution in [0.25, 0.3) is 0 Å². The van der Waals surface area contributed by atoms with Crippen molar-refractivity contribution in [1.82, 2.24) is 0 Å². The molecule has 0 saturated heterocycles. The summed E-state index contributed by atoms with van der Waals surface area (Å²) >= 11 is -0.418. The number of hydrogen-bond donors (Lipinski definition) is 1. The molecule has 11 heavy (non-hydrogen) atoms. The molecular formula is C8H19NOSn. The monoisotopic (exact) mass is 265 g/mol. The third kappa shape index (κ3) is 10.7. The molecule has 2 nitrogen and oxygen atoms in total. The SMILES string of the molecule is CC[O][Sn][CH2]CCCC(C)N. The molecule has 3 heteroatoms. The maximum atomic E-state index is 5.62. The van der Waals surface area contributed by atoms with Crippen molar-refractivity contribution in [3.8, 4) is 0 Å². The molecule has 0 aromatic carbocycles. The van der Waals surface area contributed by atoms with Gasteiger partial charge in [0.25, 0.3) is 0 Å². The van der Waals surface area contributed by atoms with Gasteiger partial charge < -0.3 is 0 Å². The predicted molar refractivity (Wildman–Crippen MR) is 49.7 cm³/mol. The van der Waals surface area contributed by atoms with E-state index in [-0.39, 0.29) is 0 Å². The average molecular weight is 264 g/mol. The van der Waals surface area contributed by atoms with Gasteiger partial charge in [-0.25, -0.2) is 0 Å². The van der Waals surface area contributed by atoms with Crippen LogP contribution in [0.2, 0.25) is 4.44 Å². The molecule has 0 rings (SSSR count). The zero-order chi connectivity index (χ0) is 8.53. The van der Waals surface area contributed by atoms with Crippen molar-refractivity contribution < 1.29 is 3.07 Å². The molecule has 0 aliphatic carbocycles. The summed E-state index contributed by atoms with van der Waals surface area (Å²) in [5, 5.41) is 0. The second kappa shape index (κ2) is 8.81. The third-order valence-electron chi connectivity index (χ3n) is 1.43. The first-order valence-electron chi connectivity index (χ1n) is 4.37. The Morgan fingerprint density at radius 1 is 1.45 bits per heavy atom. The van der Waals surface area contributed by atoms with Crippen LogP contribution < -0.4 is 5.73 Å². The molecule has 0 aromatic heterocycles. The van der Waals surface area contributed by atoms with Crippen molar-refractivity contribution in [3.63, 3.8) is 0 Å². The fourth-order valence-corrected chi connectivity index (χ4v) is 2.96. The first kappa shape index (κ1) is 11.7. The van der Waals surface area contributed by atoms with Crippen molar-refractivity contribution in [2.75, 3.05) is 6.61 Å². The molecule has 0 aliphatic rings. The van der Waals surface area contributed by atoms with E-state index in [0.29, 0.717) is 6.04 Å². The van der Waals surface area contributed by atoms with Crippen LogP contribution in [0.4, 0.5) is 0 Å². The van der Waals surface area contributed by atoms with Gasteiger partial charge in [-0.3, -0.25) is 0 Å². The molecule has 0 fully saturated rings. The van der Waals surface area contributed by atoms with Crippen LogP contribution in [0.5, 0.6) is 0 Å². The summed E-state index contributed by atoms with van der Waals surface area (Å²) in [5.41, 5.74) is 5.62. The van der Waals surface area contributed by atoms with Gasteiger partial charge >= 0.3 is 80.6 Å². The molecule has 1 atom stereocenters. The third-order valence-corrected chi connectivity index (χ3v) is 4.43. The Hall–Kier alpha value is 0.719. The number of unbranched alkanes of at least 4 members (excludes halogenated alkanes) is 1. The van der Waals surface area contributed by atoms with Crippen LogP contribution in [0.1, 0.15) is 33.1 Å². The number of nitrogens with two attached hydrogens (primary N) is 1. The molecule has 0 amide bonds. The Balaban J connectivity index is 2.80. The molecule has 0 aromatic rings. The van der Waals surface area contributed by atoms with E-state index in [1.165, 1.54) is 23.7 Å². The molecule has 1 unspecified atom stereocenters. The predicted octanol–water partition coefficient (Wildman–Crippen LogP) is 1.58. The quantitative estimate of drug-likeness (QED) is 0.559. The van der Waals surface area contributed by atoms with Gasteiger partial charge in [-0.15, -0.1) is 0 Å². The van der Waals surface area contributed by atoms with Gasteiger partial charge in [0.1, 0.15) is 0 Å². The molecule has 0 spiro atoms. The van der Waals surface area contributed by atoms with E-state index in [9.17, 15) is 0 Å². The van der Waals surface area contributed by atoms with E-state index >= 15 is 0 Å². The Morgan fingerprint density at radius 3 is 2.73 bits per heavy atom. The van der Waals surface area contributed by atoms with Crippen LogP contribution in [0.15, 0.2) is 0 Å². The summed E-state index contributed by atoms with van der Waals surface area (Å²) in [5.74, 6) is 0. The minimum absolute atomic E-state index is 0.382. The molecule has 2 radical (unpaired) electrons. The van der Waals surface area contributed by atoms with Crippen LogP contribution >= 0.6 is 0 Å². The summed E-state index contributed by atoms with van der Waals surface area (Å²) in [6.45, 7) is 5.06. The Bertz CT molecular complexity index is 78.5. The van der Waals surface area contributed by atoms with Crippen molar-refractivity contribution in [3.05, 3.63) is 0 Å². The first-order valence-corrected chi connectivity index (χ1v) is 7.56. The first-order chi connectivity index (χ1) is 5.27. The topological polar surface area (TPSA) is 35.2 Å². The van der Waals surface area contributed by atoms with E-state index in [2.05, 4.69) is 13.8 Å². The number of hydrogen-bond acceptors (Lipinski definition) is 2. The van der Waals surface area contributed by atoms with Gasteiger partial charge in [0.15, 0.2) is 0 Å². The Morgan fingerprint density at radius 2 is 2.18 bits per heavy atom. The summed E-state index contributed by atoms with van der Waals surface area (Å²) < 4.78 is 6.73. The minimum atomic E-state index is -0.418. The summed E-state index contributed by atoms with van der Waals surface area (Å²) in [6.07, 6.45) is 3.78. The zero-order valence-electron chi connectivity index (χ0n) is 7.60. The van der Waals surface area contributed by atoms with Crippen LogP contribution in [-0.2, 0) is 3.07 Å². The normalized spacial score (nSPS) is 13.4. The van der Waals surface area contributed by atoms with Crippen molar-refractivity contribution >= 4 is 21.6 Å². The Kier molecular flexibility index (Phi) is 9.39. The van der Waals surface area contributed by atoms with E-state index in [1.807, 2.05) is 0 Å². The van der Waals surface area contributed by atoms with Gasteiger partial charge in [-0.05, 0) is 0 Å². The standard InChI is InChI=1S/C6H14N.C2H5O.Sn/c1-3-4-5-6(2)7;1-2-3;/h6H,1,3-5,7H2,2H3;2H2,1H3;/q;-1;+1. The molecule has 0 bridgehead atoms. The van der Waals surface area contributed by atoms with E-state index < -0.39 is 21.6 Å². The van der Waals surface area contributed by atoms with Gasteiger partial charge in [0.2, 0.25) is 0 Å². The zero-order valence-corrected chi connectivity index (χ0v) is 10.5. The summed E-state index contributed by atoms with van der Waals surface area (Å²) in [7, 11) is 0. The molecular weight excluding hydrogens is 245 g/mol. The summed E-state index contributed by atoms with van der Waals surface area (Å²) in [6, 6.07) is 0.382. The molecule has 0 saturated carbocycles. The van der Waals surface area contributed by atoms with Crippen LogP contribution in [-0.4, -0.2) is 34.2 Å². The van der Waals surface area contributed by atoms with E-state index in [4.69, 9.17) is 8.81 Å². The van der Waals surface area contributed by atoms with Gasteiger partial charge in [-0.2, -0.15) is 0 Å². The van der Waals surface area contributed by atoms with Crippen molar-refractivity contribution in [2.24, 2.45) is 5.73 Å². The second-order valence-corrected chi connectivity index (χ2v) is 5.88. The van der Waals surface area contributed by atoms with E-state index in [1.54, 1.807) is 0 Å². The maximum absolute atomic E-state index is 5.62. The van der Waals surface area contributed by atoms with Crippen LogP contribution in [0, 0.1) is 0 Å². The fraction of sp³-hybridized carbons (Fsp3) is 1.00. The molecule has 2 N–H and O–H groups in total. The van der Waals surface area contributed by atoms with Crippen LogP contribution in [0.3, 0.4) is 0 Å². The Labute approximate surface area is 80.6 Å². The second-order valence-electron chi connectivity index (χ2n) is 2.80.